The van der Waals surface area contributed by atoms with Gasteiger partial charge in [-0.1, -0.05) is 18.2 Å². The molecule has 1 fully saturated rings. The molecule has 1 heterocycles. The van der Waals surface area contributed by atoms with Crippen molar-refractivity contribution in [3.05, 3.63) is 35.9 Å². The first kappa shape index (κ1) is 13.0. The topological polar surface area (TPSA) is 54.5 Å². The van der Waals surface area contributed by atoms with Gasteiger partial charge in [0.15, 0.2) is 0 Å². The Kier molecular flexibility index (Phi) is 3.65. The molecule has 1 aromatic rings. The van der Waals surface area contributed by atoms with Crippen molar-refractivity contribution in [2.45, 2.75) is 18.1 Å². The van der Waals surface area contributed by atoms with Crippen molar-refractivity contribution in [2.75, 3.05) is 13.1 Å². The van der Waals surface area contributed by atoms with E-state index in [1.54, 1.807) is 29.2 Å². The van der Waals surface area contributed by atoms with E-state index in [2.05, 4.69) is 0 Å². The number of amides is 1. The van der Waals surface area contributed by atoms with E-state index in [4.69, 9.17) is 0 Å². The highest BCUT2D eigenvalue weighted by Crippen LogP contribution is 2.20. The van der Waals surface area contributed by atoms with Gasteiger partial charge in [-0.15, -0.1) is 3.89 Å². The van der Waals surface area contributed by atoms with E-state index < -0.39 is 15.5 Å². The minimum absolute atomic E-state index is 0.134. The summed E-state index contributed by atoms with van der Waals surface area (Å²) in [6.07, 6.45) is 0.328. The van der Waals surface area contributed by atoms with E-state index in [9.17, 15) is 17.1 Å². The molecule has 0 radical (unpaired) electrons. The third-order valence-electron chi connectivity index (χ3n) is 3.15. The Morgan fingerprint density at radius 2 is 1.72 bits per heavy atom. The largest absolute Gasteiger partial charge is 0.339 e. The summed E-state index contributed by atoms with van der Waals surface area (Å²) in [6.45, 7) is 0.559. The van der Waals surface area contributed by atoms with E-state index in [1.165, 1.54) is 0 Å². The van der Waals surface area contributed by atoms with Crippen LogP contribution in [0.15, 0.2) is 30.3 Å². The minimum Gasteiger partial charge on any atom is -0.339 e. The third-order valence-corrected chi connectivity index (χ3v) is 4.42. The maximum Gasteiger partial charge on any atom is 0.305 e. The molecule has 1 aliphatic rings. The Labute approximate surface area is 106 Å². The van der Waals surface area contributed by atoms with Gasteiger partial charge in [0, 0.05) is 18.7 Å². The Bertz CT molecular complexity index is 522. The van der Waals surface area contributed by atoms with Crippen LogP contribution in [-0.4, -0.2) is 37.6 Å². The first-order valence-corrected chi connectivity index (χ1v) is 7.21. The standard InChI is InChI=1S/C12H14FNO3S/c13-18(16,17)11-6-8-14(9-7-11)12(15)10-4-2-1-3-5-10/h1-5,11H,6-9H2. The summed E-state index contributed by atoms with van der Waals surface area (Å²) in [5.74, 6) is -0.134. The molecule has 0 saturated carbocycles. The van der Waals surface area contributed by atoms with Crippen LogP contribution < -0.4 is 0 Å². The Morgan fingerprint density at radius 1 is 1.17 bits per heavy atom. The van der Waals surface area contributed by atoms with Crippen molar-refractivity contribution in [1.29, 1.82) is 0 Å². The highest BCUT2D eigenvalue weighted by atomic mass is 32.3. The Balaban J connectivity index is 2.01. The van der Waals surface area contributed by atoms with Crippen LogP contribution in [0.2, 0.25) is 0 Å². The summed E-state index contributed by atoms with van der Waals surface area (Å²) < 4.78 is 34.3. The number of hydrogen-bond acceptors (Lipinski definition) is 3. The predicted octanol–water partition coefficient (Wildman–Crippen LogP) is 1.59. The fourth-order valence-electron chi connectivity index (χ4n) is 2.10. The SMILES string of the molecule is O=C(c1ccccc1)N1CCC(S(=O)(=O)F)CC1. The van der Waals surface area contributed by atoms with E-state index in [-0.39, 0.29) is 31.8 Å². The lowest BCUT2D eigenvalue weighted by molar-refractivity contribution is 0.0725. The lowest BCUT2D eigenvalue weighted by Crippen LogP contribution is -2.41. The van der Waals surface area contributed by atoms with Crippen molar-refractivity contribution in [3.63, 3.8) is 0 Å². The highest BCUT2D eigenvalue weighted by Gasteiger charge is 2.31. The number of hydrogen-bond donors (Lipinski definition) is 0. The molecule has 1 saturated heterocycles. The lowest BCUT2D eigenvalue weighted by atomic mass is 10.1. The van der Waals surface area contributed by atoms with Crippen molar-refractivity contribution in [3.8, 4) is 0 Å². The van der Waals surface area contributed by atoms with Gasteiger partial charge < -0.3 is 4.90 Å². The quantitative estimate of drug-likeness (QED) is 0.768. The van der Waals surface area contributed by atoms with Crippen LogP contribution >= 0.6 is 0 Å². The summed E-state index contributed by atoms with van der Waals surface area (Å²) in [4.78, 5) is 13.6. The van der Waals surface area contributed by atoms with Gasteiger partial charge in [-0.05, 0) is 25.0 Å². The molecule has 1 amide bonds. The second kappa shape index (κ2) is 5.06. The molecule has 1 aliphatic heterocycles. The molecule has 4 nitrogen and oxygen atoms in total. The smallest absolute Gasteiger partial charge is 0.305 e. The molecule has 0 aliphatic carbocycles. The van der Waals surface area contributed by atoms with Crippen LogP contribution in [-0.2, 0) is 10.2 Å². The molecule has 0 N–H and O–H groups in total. The molecule has 18 heavy (non-hydrogen) atoms. The maximum absolute atomic E-state index is 12.8. The molecule has 98 valence electrons. The first-order chi connectivity index (χ1) is 8.48. The van der Waals surface area contributed by atoms with Gasteiger partial charge in [0.05, 0.1) is 5.25 Å². The molecular weight excluding hydrogens is 257 g/mol. The average Bonchev–Trinajstić information content (AvgIpc) is 2.38. The number of piperidine rings is 1. The highest BCUT2D eigenvalue weighted by molar-refractivity contribution is 7.87. The summed E-state index contributed by atoms with van der Waals surface area (Å²) in [5.41, 5.74) is 0.569. The number of likely N-dealkylation sites (tertiary alicyclic amines) is 1. The molecule has 1 aromatic carbocycles. The zero-order chi connectivity index (χ0) is 13.2. The van der Waals surface area contributed by atoms with E-state index in [0.29, 0.717) is 5.56 Å². The van der Waals surface area contributed by atoms with Crippen molar-refractivity contribution in [2.24, 2.45) is 0 Å². The predicted molar refractivity (Wildman–Crippen MR) is 65.4 cm³/mol. The van der Waals surface area contributed by atoms with E-state index in [0.717, 1.165) is 0 Å². The summed E-state index contributed by atoms with van der Waals surface area (Å²) in [5, 5.41) is -0.961. The Hall–Kier alpha value is -1.43. The minimum atomic E-state index is -4.48. The van der Waals surface area contributed by atoms with Crippen molar-refractivity contribution < 1.29 is 17.1 Å². The van der Waals surface area contributed by atoms with E-state index in [1.807, 2.05) is 6.07 Å². The number of halogens is 1. The normalized spacial score (nSPS) is 17.7. The number of nitrogens with zero attached hydrogens (tertiary/aromatic N) is 1. The molecule has 2 rings (SSSR count). The lowest BCUT2D eigenvalue weighted by Gasteiger charge is -2.30. The zero-order valence-corrected chi connectivity index (χ0v) is 10.6. The molecule has 0 unspecified atom stereocenters. The average molecular weight is 271 g/mol. The van der Waals surface area contributed by atoms with Gasteiger partial charge in [-0.3, -0.25) is 4.79 Å². The van der Waals surface area contributed by atoms with Gasteiger partial charge in [0.25, 0.3) is 5.91 Å². The number of carbonyl (C=O) groups excluding carboxylic acids is 1. The maximum atomic E-state index is 12.8. The van der Waals surface area contributed by atoms with Gasteiger partial charge in [0.2, 0.25) is 0 Å². The van der Waals surface area contributed by atoms with Crippen molar-refractivity contribution in [1.82, 2.24) is 4.90 Å². The van der Waals surface area contributed by atoms with Crippen LogP contribution in [0, 0.1) is 0 Å². The van der Waals surface area contributed by atoms with Crippen LogP contribution in [0.25, 0.3) is 0 Å². The first-order valence-electron chi connectivity index (χ1n) is 5.76. The number of benzene rings is 1. The van der Waals surface area contributed by atoms with Gasteiger partial charge in [-0.2, -0.15) is 8.42 Å². The number of rotatable bonds is 2. The van der Waals surface area contributed by atoms with Crippen LogP contribution in [0.3, 0.4) is 0 Å². The fraction of sp³-hybridized carbons (Fsp3) is 0.417. The molecule has 0 spiro atoms. The number of carbonyl (C=O) groups is 1. The summed E-state index contributed by atoms with van der Waals surface area (Å²) >= 11 is 0. The van der Waals surface area contributed by atoms with E-state index >= 15 is 0 Å². The van der Waals surface area contributed by atoms with Crippen LogP contribution in [0.4, 0.5) is 3.89 Å². The monoisotopic (exact) mass is 271 g/mol. The molecule has 0 atom stereocenters. The van der Waals surface area contributed by atoms with Crippen molar-refractivity contribution >= 4 is 16.1 Å². The molecule has 0 aromatic heterocycles. The second-order valence-electron chi connectivity index (χ2n) is 4.33. The third kappa shape index (κ3) is 2.87. The summed E-state index contributed by atoms with van der Waals surface area (Å²) in [7, 11) is -4.48. The van der Waals surface area contributed by atoms with Crippen LogP contribution in [0.1, 0.15) is 23.2 Å². The van der Waals surface area contributed by atoms with Crippen LogP contribution in [0.5, 0.6) is 0 Å². The van der Waals surface area contributed by atoms with Gasteiger partial charge >= 0.3 is 10.2 Å². The molecular formula is C12H14FNO3S. The van der Waals surface area contributed by atoms with Gasteiger partial charge in [0.1, 0.15) is 0 Å². The second-order valence-corrected chi connectivity index (χ2v) is 5.95. The summed E-state index contributed by atoms with van der Waals surface area (Å²) in [6, 6.07) is 8.78. The fourth-order valence-corrected chi connectivity index (χ4v) is 2.88. The molecule has 0 bridgehead atoms. The zero-order valence-electron chi connectivity index (χ0n) is 9.75. The molecule has 6 heteroatoms. The Morgan fingerprint density at radius 3 is 2.22 bits per heavy atom. The van der Waals surface area contributed by atoms with Gasteiger partial charge in [-0.25, -0.2) is 0 Å².